The molecule has 0 radical (unpaired) electrons. The first kappa shape index (κ1) is 19.3. The maximum absolute atomic E-state index is 14.9. The molecule has 2 heterocycles. The molecule has 5 nitrogen and oxygen atoms in total. The molecule has 3 aromatic rings. The van der Waals surface area contributed by atoms with Gasteiger partial charge in [0.05, 0.1) is 12.7 Å². The first-order chi connectivity index (χ1) is 13.7. The van der Waals surface area contributed by atoms with Crippen LogP contribution in [0.3, 0.4) is 0 Å². The molecule has 1 aliphatic rings. The molecule has 0 saturated carbocycles. The summed E-state index contributed by atoms with van der Waals surface area (Å²) in [5, 5.41) is 4.11. The Balaban J connectivity index is 1.71. The molecule has 0 fully saturated rings. The van der Waals surface area contributed by atoms with Crippen LogP contribution in [0.5, 0.6) is 0 Å². The highest BCUT2D eigenvalue weighted by Crippen LogP contribution is 2.44. The van der Waals surface area contributed by atoms with Gasteiger partial charge in [0, 0.05) is 35.6 Å². The molecule has 0 bridgehead atoms. The summed E-state index contributed by atoms with van der Waals surface area (Å²) >= 11 is 0. The van der Waals surface area contributed by atoms with Gasteiger partial charge in [0.25, 0.3) is 5.91 Å². The van der Waals surface area contributed by atoms with E-state index >= 15 is 0 Å². The smallest absolute Gasteiger partial charge is 0.252 e. The molecule has 1 unspecified atom stereocenters. The summed E-state index contributed by atoms with van der Waals surface area (Å²) in [6.45, 7) is 1.83. The van der Waals surface area contributed by atoms with E-state index in [1.165, 1.54) is 23.1 Å². The van der Waals surface area contributed by atoms with E-state index < -0.39 is 17.2 Å². The molecule has 1 atom stereocenters. The van der Waals surface area contributed by atoms with Crippen molar-refractivity contribution >= 4 is 11.6 Å². The van der Waals surface area contributed by atoms with Gasteiger partial charge in [0.2, 0.25) is 0 Å². The molecule has 0 N–H and O–H groups in total. The molecule has 0 saturated heterocycles. The third kappa shape index (κ3) is 3.02. The van der Waals surface area contributed by atoms with Crippen LogP contribution >= 0.6 is 0 Å². The Labute approximate surface area is 168 Å². The number of nitrogens with zero attached hydrogens (tertiary/aromatic N) is 4. The summed E-state index contributed by atoms with van der Waals surface area (Å²) in [7, 11) is 5.36. The predicted octanol–water partition coefficient (Wildman–Crippen LogP) is 3.69. The van der Waals surface area contributed by atoms with Crippen LogP contribution in [0.15, 0.2) is 48.8 Å². The van der Waals surface area contributed by atoms with Gasteiger partial charge in [-0.25, -0.2) is 8.78 Å². The number of aromatic nitrogens is 2. The fraction of sp³-hybridized carbons (Fsp3) is 0.273. The topological polar surface area (TPSA) is 41.4 Å². The van der Waals surface area contributed by atoms with Crippen LogP contribution in [0, 0.1) is 11.6 Å². The second kappa shape index (κ2) is 6.77. The predicted molar refractivity (Wildman–Crippen MR) is 107 cm³/mol. The first-order valence-electron chi connectivity index (χ1n) is 9.28. The molecule has 29 heavy (non-hydrogen) atoms. The number of rotatable bonds is 4. The van der Waals surface area contributed by atoms with E-state index in [0.717, 1.165) is 5.56 Å². The minimum absolute atomic E-state index is 0.0695. The fourth-order valence-corrected chi connectivity index (χ4v) is 3.81. The van der Waals surface area contributed by atoms with Crippen molar-refractivity contribution < 1.29 is 13.6 Å². The van der Waals surface area contributed by atoms with E-state index in [9.17, 15) is 13.6 Å². The molecule has 150 valence electrons. The second-order valence-electron chi connectivity index (χ2n) is 7.73. The molecule has 4 rings (SSSR count). The molecule has 1 amide bonds. The maximum Gasteiger partial charge on any atom is 0.252 e. The molecule has 1 aromatic heterocycles. The highest BCUT2D eigenvalue weighted by molar-refractivity contribution is 6.07. The van der Waals surface area contributed by atoms with Crippen molar-refractivity contribution in [3.8, 4) is 11.1 Å². The van der Waals surface area contributed by atoms with Crippen molar-refractivity contribution in [2.75, 3.05) is 19.0 Å². The van der Waals surface area contributed by atoms with Crippen molar-refractivity contribution in [2.24, 2.45) is 7.05 Å². The number of aryl methyl sites for hydroxylation is 1. The Kier molecular flexibility index (Phi) is 4.50. The Morgan fingerprint density at radius 3 is 2.48 bits per heavy atom. The van der Waals surface area contributed by atoms with Crippen LogP contribution in [0.4, 0.5) is 14.5 Å². The number of likely N-dealkylation sites (N-methyl/N-ethyl adjacent to an activating group) is 1. The summed E-state index contributed by atoms with van der Waals surface area (Å²) in [5.41, 5.74) is 2.10. The van der Waals surface area contributed by atoms with Gasteiger partial charge in [-0.2, -0.15) is 5.10 Å². The maximum atomic E-state index is 14.9. The number of hydrogen-bond donors (Lipinski definition) is 0. The summed E-state index contributed by atoms with van der Waals surface area (Å²) in [4.78, 5) is 16.6. The number of fused-ring (bicyclic) bond motifs is 1. The van der Waals surface area contributed by atoms with Gasteiger partial charge in [-0.15, -0.1) is 0 Å². The van der Waals surface area contributed by atoms with Gasteiger partial charge < -0.3 is 4.90 Å². The highest BCUT2D eigenvalue weighted by Gasteiger charge is 2.49. The van der Waals surface area contributed by atoms with E-state index in [1.54, 1.807) is 56.0 Å². The van der Waals surface area contributed by atoms with Gasteiger partial charge >= 0.3 is 0 Å². The lowest BCUT2D eigenvalue weighted by Crippen LogP contribution is -2.47. The molecule has 1 aliphatic heterocycles. The number of anilines is 1. The lowest BCUT2D eigenvalue weighted by atomic mass is 9.92. The number of halogens is 2. The Morgan fingerprint density at radius 2 is 1.86 bits per heavy atom. The highest BCUT2D eigenvalue weighted by atomic mass is 19.1. The average Bonchev–Trinajstić information content (AvgIpc) is 3.19. The largest absolute Gasteiger partial charge is 0.306 e. The quantitative estimate of drug-likeness (QED) is 0.676. The Morgan fingerprint density at radius 1 is 1.10 bits per heavy atom. The van der Waals surface area contributed by atoms with Gasteiger partial charge in [-0.05, 0) is 50.8 Å². The average molecular weight is 396 g/mol. The van der Waals surface area contributed by atoms with E-state index in [2.05, 4.69) is 5.10 Å². The van der Waals surface area contributed by atoms with E-state index in [4.69, 9.17) is 0 Å². The Hall–Kier alpha value is -3.06. The number of carbonyl (C=O) groups excluding carboxylic acids is 1. The first-order valence-corrected chi connectivity index (χ1v) is 9.28. The standard InChI is InChI=1S/C22H22F2N4O/c1-22(26(2)3)18-10-17(23)7-8-20(18)28(21(22)29)13-15-6-5-14(9-19(15)24)16-11-25-27(4)12-16/h5-12H,13H2,1-4H3. The summed E-state index contributed by atoms with van der Waals surface area (Å²) in [5.74, 6) is -1.02. The monoisotopic (exact) mass is 396 g/mol. The van der Waals surface area contributed by atoms with Crippen LogP contribution in [-0.2, 0) is 23.9 Å². The van der Waals surface area contributed by atoms with E-state index in [-0.39, 0.29) is 12.5 Å². The molecule has 7 heteroatoms. The summed E-state index contributed by atoms with van der Waals surface area (Å²) in [6.07, 6.45) is 3.48. The van der Waals surface area contributed by atoms with Crippen molar-refractivity contribution in [3.63, 3.8) is 0 Å². The molecule has 0 aliphatic carbocycles. The summed E-state index contributed by atoms with van der Waals surface area (Å²) < 4.78 is 30.4. The minimum atomic E-state index is -1.01. The molecular formula is C22H22F2N4O. The molecule has 0 spiro atoms. The van der Waals surface area contributed by atoms with Gasteiger partial charge in [-0.3, -0.25) is 14.4 Å². The van der Waals surface area contributed by atoms with E-state index in [0.29, 0.717) is 22.4 Å². The van der Waals surface area contributed by atoms with E-state index in [1.807, 2.05) is 12.3 Å². The summed E-state index contributed by atoms with van der Waals surface area (Å²) in [6, 6.07) is 9.23. The fourth-order valence-electron chi connectivity index (χ4n) is 3.81. The van der Waals surface area contributed by atoms with Crippen LogP contribution in [0.2, 0.25) is 0 Å². The van der Waals surface area contributed by atoms with Gasteiger partial charge in [-0.1, -0.05) is 12.1 Å². The lowest BCUT2D eigenvalue weighted by molar-refractivity contribution is -0.127. The minimum Gasteiger partial charge on any atom is -0.306 e. The van der Waals surface area contributed by atoms with Crippen LogP contribution in [0.25, 0.3) is 11.1 Å². The van der Waals surface area contributed by atoms with Gasteiger partial charge in [0.15, 0.2) is 0 Å². The third-order valence-electron chi connectivity index (χ3n) is 5.75. The zero-order valence-electron chi connectivity index (χ0n) is 16.8. The number of hydrogen-bond acceptors (Lipinski definition) is 3. The van der Waals surface area contributed by atoms with Crippen molar-refractivity contribution in [2.45, 2.75) is 19.0 Å². The third-order valence-corrected chi connectivity index (χ3v) is 5.75. The normalized spacial score (nSPS) is 18.6. The van der Waals surface area contributed by atoms with Crippen LogP contribution < -0.4 is 4.90 Å². The number of carbonyl (C=O) groups is 1. The zero-order chi connectivity index (χ0) is 20.9. The number of amides is 1. The van der Waals surface area contributed by atoms with Crippen molar-refractivity contribution in [1.29, 1.82) is 0 Å². The molecule has 2 aromatic carbocycles. The van der Waals surface area contributed by atoms with Crippen molar-refractivity contribution in [1.82, 2.24) is 14.7 Å². The molecular weight excluding hydrogens is 374 g/mol. The second-order valence-corrected chi connectivity index (χ2v) is 7.73. The zero-order valence-corrected chi connectivity index (χ0v) is 16.8. The van der Waals surface area contributed by atoms with Crippen LogP contribution in [0.1, 0.15) is 18.1 Å². The Bertz CT molecular complexity index is 1110. The van der Waals surface area contributed by atoms with Crippen molar-refractivity contribution in [3.05, 3.63) is 71.6 Å². The lowest BCUT2D eigenvalue weighted by Gasteiger charge is -2.31. The van der Waals surface area contributed by atoms with Crippen LogP contribution in [-0.4, -0.2) is 34.7 Å². The SMILES string of the molecule is CN(C)C1(C)C(=O)N(Cc2ccc(-c3cnn(C)c3)cc2F)c2ccc(F)cc21. The number of benzene rings is 2. The van der Waals surface area contributed by atoms with Gasteiger partial charge in [0.1, 0.15) is 17.2 Å².